The van der Waals surface area contributed by atoms with E-state index < -0.39 is 11.9 Å². The molecule has 0 aromatic rings. The molecule has 0 radical (unpaired) electrons. The van der Waals surface area contributed by atoms with Gasteiger partial charge in [0.05, 0.1) is 0 Å². The predicted molar refractivity (Wildman–Crippen MR) is 51.1 cm³/mol. The first-order chi connectivity index (χ1) is 6.36. The van der Waals surface area contributed by atoms with Crippen LogP contribution in [0.25, 0.3) is 0 Å². The van der Waals surface area contributed by atoms with E-state index in [9.17, 15) is 9.59 Å². The van der Waals surface area contributed by atoms with Gasteiger partial charge in [0, 0.05) is 18.9 Å². The standard InChI is InChI=1S/C6H10O4.C3H8O/c7-5(8)3-1-2-4-6(9)10;1-3(2)4/h1-4H2,(H,7,8)(H,9,10);3-4H,1-2H3. The summed E-state index contributed by atoms with van der Waals surface area (Å²) in [4.78, 5) is 19.8. The molecule has 5 heteroatoms. The highest BCUT2D eigenvalue weighted by Crippen LogP contribution is 1.98. The second-order valence-corrected chi connectivity index (χ2v) is 3.09. The van der Waals surface area contributed by atoms with E-state index >= 15 is 0 Å². The predicted octanol–water partition coefficient (Wildman–Crippen LogP) is 1.10. The number of rotatable bonds is 5. The zero-order valence-electron chi connectivity index (χ0n) is 8.56. The van der Waals surface area contributed by atoms with Gasteiger partial charge in [-0.05, 0) is 26.7 Å². The van der Waals surface area contributed by atoms with Gasteiger partial charge in [-0.25, -0.2) is 0 Å². The van der Waals surface area contributed by atoms with E-state index in [4.69, 9.17) is 15.3 Å². The highest BCUT2D eigenvalue weighted by molar-refractivity contribution is 5.67. The van der Waals surface area contributed by atoms with Crippen LogP contribution in [0.5, 0.6) is 0 Å². The Labute approximate surface area is 83.4 Å². The summed E-state index contributed by atoms with van der Waals surface area (Å²) in [6, 6.07) is 0. The largest absolute Gasteiger partial charge is 0.481 e. The Kier molecular flexibility index (Phi) is 11.0. The molecule has 0 saturated carbocycles. The van der Waals surface area contributed by atoms with Crippen molar-refractivity contribution in [2.45, 2.75) is 45.6 Å². The smallest absolute Gasteiger partial charge is 0.303 e. The maximum Gasteiger partial charge on any atom is 0.303 e. The van der Waals surface area contributed by atoms with E-state index in [0.717, 1.165) is 0 Å². The summed E-state index contributed by atoms with van der Waals surface area (Å²) >= 11 is 0. The van der Waals surface area contributed by atoms with Crippen LogP contribution in [0.3, 0.4) is 0 Å². The average molecular weight is 206 g/mol. The molecule has 0 aromatic carbocycles. The van der Waals surface area contributed by atoms with Gasteiger partial charge in [0.2, 0.25) is 0 Å². The fraction of sp³-hybridized carbons (Fsp3) is 0.778. The Bertz CT molecular complexity index is 146. The number of carboxylic acids is 2. The highest BCUT2D eigenvalue weighted by Gasteiger charge is 1.99. The second-order valence-electron chi connectivity index (χ2n) is 3.09. The number of unbranched alkanes of at least 4 members (excludes halogenated alkanes) is 1. The van der Waals surface area contributed by atoms with E-state index in [2.05, 4.69) is 0 Å². The van der Waals surface area contributed by atoms with Gasteiger partial charge in [-0.3, -0.25) is 9.59 Å². The van der Waals surface area contributed by atoms with E-state index in [0.29, 0.717) is 12.8 Å². The molecule has 5 nitrogen and oxygen atoms in total. The Hall–Kier alpha value is -1.10. The van der Waals surface area contributed by atoms with Crippen molar-refractivity contribution in [3.05, 3.63) is 0 Å². The number of aliphatic carboxylic acids is 2. The molecule has 14 heavy (non-hydrogen) atoms. The normalized spacial score (nSPS) is 9.14. The van der Waals surface area contributed by atoms with Crippen LogP contribution in [0.4, 0.5) is 0 Å². The minimum Gasteiger partial charge on any atom is -0.481 e. The molecule has 0 aliphatic heterocycles. The maximum atomic E-state index is 9.90. The van der Waals surface area contributed by atoms with Gasteiger partial charge in [0.25, 0.3) is 0 Å². The van der Waals surface area contributed by atoms with E-state index in [1.54, 1.807) is 13.8 Å². The third-order valence-corrected chi connectivity index (χ3v) is 1.03. The van der Waals surface area contributed by atoms with Gasteiger partial charge < -0.3 is 15.3 Å². The van der Waals surface area contributed by atoms with E-state index in [-0.39, 0.29) is 18.9 Å². The van der Waals surface area contributed by atoms with Crippen LogP contribution in [0.15, 0.2) is 0 Å². The molecule has 0 aliphatic carbocycles. The fourth-order valence-corrected chi connectivity index (χ4v) is 0.552. The fourth-order valence-electron chi connectivity index (χ4n) is 0.552. The van der Waals surface area contributed by atoms with Crippen LogP contribution < -0.4 is 0 Å². The summed E-state index contributed by atoms with van der Waals surface area (Å²) in [5.74, 6) is -1.74. The third-order valence-electron chi connectivity index (χ3n) is 1.03. The first-order valence-electron chi connectivity index (χ1n) is 4.48. The SMILES string of the molecule is CC(C)O.O=C(O)CCCCC(=O)O. The summed E-state index contributed by atoms with van der Waals surface area (Å²) in [5, 5.41) is 24.3. The minimum atomic E-state index is -0.870. The topological polar surface area (TPSA) is 94.8 Å². The molecule has 0 atom stereocenters. The van der Waals surface area contributed by atoms with Crippen LogP contribution in [0.1, 0.15) is 39.5 Å². The molecule has 0 heterocycles. The molecule has 0 aliphatic rings. The van der Waals surface area contributed by atoms with Crippen molar-refractivity contribution in [2.24, 2.45) is 0 Å². The van der Waals surface area contributed by atoms with Gasteiger partial charge in [-0.2, -0.15) is 0 Å². The molecule has 0 bridgehead atoms. The van der Waals surface area contributed by atoms with Crippen LogP contribution >= 0.6 is 0 Å². The molecule has 0 fully saturated rings. The monoisotopic (exact) mass is 206 g/mol. The number of hydrogen-bond donors (Lipinski definition) is 3. The molecule has 0 rings (SSSR count). The molecular weight excluding hydrogens is 188 g/mol. The molecule has 0 saturated heterocycles. The number of carbonyl (C=O) groups is 2. The molecule has 0 aromatic heterocycles. The molecule has 3 N–H and O–H groups in total. The van der Waals surface area contributed by atoms with Crippen LogP contribution in [0.2, 0.25) is 0 Å². The molecule has 84 valence electrons. The number of carboxylic acid groups (broad SMARTS) is 2. The van der Waals surface area contributed by atoms with Gasteiger partial charge in [0.15, 0.2) is 0 Å². The first-order valence-corrected chi connectivity index (χ1v) is 4.48. The van der Waals surface area contributed by atoms with Crippen molar-refractivity contribution in [3.8, 4) is 0 Å². The quantitative estimate of drug-likeness (QED) is 0.585. The summed E-state index contributed by atoms with van der Waals surface area (Å²) in [7, 11) is 0. The van der Waals surface area contributed by atoms with Crippen molar-refractivity contribution >= 4 is 11.9 Å². The molecular formula is C9H18O5. The number of aliphatic hydroxyl groups excluding tert-OH is 1. The van der Waals surface area contributed by atoms with Crippen molar-refractivity contribution in [2.75, 3.05) is 0 Å². The number of aliphatic hydroxyl groups is 1. The number of hydrogen-bond acceptors (Lipinski definition) is 3. The van der Waals surface area contributed by atoms with Crippen molar-refractivity contribution in [3.63, 3.8) is 0 Å². The molecule has 0 unspecified atom stereocenters. The molecule has 0 spiro atoms. The van der Waals surface area contributed by atoms with Crippen LogP contribution in [0, 0.1) is 0 Å². The van der Waals surface area contributed by atoms with Gasteiger partial charge in [-0.1, -0.05) is 0 Å². The summed E-state index contributed by atoms with van der Waals surface area (Å²) < 4.78 is 0. The van der Waals surface area contributed by atoms with Crippen molar-refractivity contribution in [1.29, 1.82) is 0 Å². The Morgan fingerprint density at radius 1 is 1.00 bits per heavy atom. The lowest BCUT2D eigenvalue weighted by Gasteiger charge is -1.92. The lowest BCUT2D eigenvalue weighted by molar-refractivity contribution is -0.139. The molecule has 0 amide bonds. The van der Waals surface area contributed by atoms with Crippen molar-refractivity contribution < 1.29 is 24.9 Å². The first kappa shape index (κ1) is 15.4. The van der Waals surface area contributed by atoms with Crippen LogP contribution in [-0.2, 0) is 9.59 Å². The van der Waals surface area contributed by atoms with Crippen LogP contribution in [-0.4, -0.2) is 33.4 Å². The summed E-state index contributed by atoms with van der Waals surface area (Å²) in [5.41, 5.74) is 0. The highest BCUT2D eigenvalue weighted by atomic mass is 16.4. The maximum absolute atomic E-state index is 9.90. The van der Waals surface area contributed by atoms with Gasteiger partial charge in [-0.15, -0.1) is 0 Å². The Morgan fingerprint density at radius 2 is 1.21 bits per heavy atom. The van der Waals surface area contributed by atoms with E-state index in [1.807, 2.05) is 0 Å². The third kappa shape index (κ3) is 30.7. The Morgan fingerprint density at radius 3 is 1.36 bits per heavy atom. The minimum absolute atomic E-state index is 0.0628. The van der Waals surface area contributed by atoms with Crippen molar-refractivity contribution in [1.82, 2.24) is 0 Å². The Balaban J connectivity index is 0. The second kappa shape index (κ2) is 9.98. The average Bonchev–Trinajstić information content (AvgIpc) is 1.96. The lowest BCUT2D eigenvalue weighted by atomic mass is 10.2. The van der Waals surface area contributed by atoms with Gasteiger partial charge in [0.1, 0.15) is 0 Å². The van der Waals surface area contributed by atoms with Gasteiger partial charge >= 0.3 is 11.9 Å². The summed E-state index contributed by atoms with van der Waals surface area (Å²) in [6.45, 7) is 3.44. The lowest BCUT2D eigenvalue weighted by Crippen LogP contribution is -1.97. The zero-order valence-corrected chi connectivity index (χ0v) is 8.56. The zero-order chi connectivity index (χ0) is 11.6. The van der Waals surface area contributed by atoms with E-state index in [1.165, 1.54) is 0 Å². The summed E-state index contributed by atoms with van der Waals surface area (Å²) in [6.07, 6.45) is 0.851.